The minimum atomic E-state index is -0.349. The second-order valence-electron chi connectivity index (χ2n) is 1.75. The molecule has 11 heavy (non-hydrogen) atoms. The summed E-state index contributed by atoms with van der Waals surface area (Å²) >= 11 is 0. The molecule has 1 nitrogen and oxygen atoms in total. The molecule has 0 fully saturated rings. The van der Waals surface area contributed by atoms with Crippen LogP contribution in [0.5, 0.6) is 0 Å². The van der Waals surface area contributed by atoms with Crippen LogP contribution in [0.1, 0.15) is 5.56 Å². The van der Waals surface area contributed by atoms with Crippen LogP contribution in [0, 0.1) is 11.9 Å². The first-order valence-corrected chi connectivity index (χ1v) is 2.69. The molecule has 0 spiro atoms. The molecule has 0 atom stereocenters. The first-order valence-electron chi connectivity index (χ1n) is 2.69. The summed E-state index contributed by atoms with van der Waals surface area (Å²) in [7, 11) is 0. The summed E-state index contributed by atoms with van der Waals surface area (Å²) in [6, 6.07) is 7.02. The van der Waals surface area contributed by atoms with E-state index in [-0.39, 0.29) is 42.3 Å². The van der Waals surface area contributed by atoms with E-state index in [2.05, 4.69) is 6.07 Å². The second-order valence-corrected chi connectivity index (χ2v) is 1.75. The first-order chi connectivity index (χ1) is 4.33. The van der Waals surface area contributed by atoms with E-state index in [9.17, 15) is 4.39 Å². The van der Waals surface area contributed by atoms with Gasteiger partial charge in [0.1, 0.15) is 0 Å². The summed E-state index contributed by atoms with van der Waals surface area (Å²) in [6.45, 7) is 0.381. The van der Waals surface area contributed by atoms with Crippen molar-refractivity contribution in [2.75, 3.05) is 0 Å². The van der Waals surface area contributed by atoms with Crippen molar-refractivity contribution in [2.45, 2.75) is 6.54 Å². The van der Waals surface area contributed by atoms with Gasteiger partial charge in [-0.1, -0.05) is 0 Å². The average Bonchev–Trinajstić information content (AvgIpc) is 1.88. The molecule has 0 radical (unpaired) electrons. The van der Waals surface area contributed by atoms with Crippen molar-refractivity contribution in [3.8, 4) is 0 Å². The van der Waals surface area contributed by atoms with Gasteiger partial charge in [-0.3, -0.25) is 0 Å². The van der Waals surface area contributed by atoms with Crippen LogP contribution in [0.4, 0.5) is 4.39 Å². The molecule has 4 heteroatoms. The van der Waals surface area contributed by atoms with E-state index in [0.717, 1.165) is 5.56 Å². The van der Waals surface area contributed by atoms with Crippen molar-refractivity contribution in [2.24, 2.45) is 5.73 Å². The normalized spacial score (nSPS) is 7.82. The maximum Gasteiger partial charge on any atom is 2.00 e. The molecule has 1 aromatic carbocycles. The molecule has 0 saturated heterocycles. The van der Waals surface area contributed by atoms with E-state index in [4.69, 9.17) is 5.73 Å². The van der Waals surface area contributed by atoms with Crippen LogP contribution in [0.3, 0.4) is 0 Å². The van der Waals surface area contributed by atoms with E-state index in [1.807, 2.05) is 0 Å². The van der Waals surface area contributed by atoms with Gasteiger partial charge in [-0.25, -0.2) is 4.39 Å². The Morgan fingerprint density at radius 3 is 2.55 bits per heavy atom. The third kappa shape index (κ3) is 4.62. The van der Waals surface area contributed by atoms with Crippen molar-refractivity contribution >= 4 is 0 Å². The van der Waals surface area contributed by atoms with Gasteiger partial charge in [-0.2, -0.15) is 12.1 Å². The monoisotopic (exact) mass is 267 g/mol. The molecule has 0 bridgehead atoms. The SMILES string of the molecule is NCc1cc[c-]c(F)c1.[Br-].[Zn+2]. The minimum Gasteiger partial charge on any atom is -1.00 e. The van der Waals surface area contributed by atoms with Crippen molar-refractivity contribution < 1.29 is 40.8 Å². The number of halogens is 2. The Bertz CT molecular complexity index is 207. The molecule has 56 valence electrons. The third-order valence-corrected chi connectivity index (χ3v) is 1.07. The van der Waals surface area contributed by atoms with E-state index >= 15 is 0 Å². The topological polar surface area (TPSA) is 26.0 Å². The molecule has 1 rings (SSSR count). The van der Waals surface area contributed by atoms with Gasteiger partial charge in [-0.15, -0.1) is 17.7 Å². The molecule has 1 aromatic rings. The van der Waals surface area contributed by atoms with E-state index in [1.54, 1.807) is 6.07 Å². The Morgan fingerprint density at radius 1 is 1.55 bits per heavy atom. The standard InChI is InChI=1S/C7H7FN.BrH.Zn/c8-7-3-1-2-6(4-7)5-9;;/h1-2,4H,5,9H2;1H;/q-1;;+2/p-1. The first kappa shape index (κ1) is 13.8. The van der Waals surface area contributed by atoms with Crippen LogP contribution >= 0.6 is 0 Å². The van der Waals surface area contributed by atoms with Crippen LogP contribution in [0.15, 0.2) is 18.2 Å². The van der Waals surface area contributed by atoms with Gasteiger partial charge in [0.15, 0.2) is 0 Å². The molecule has 0 saturated carbocycles. The van der Waals surface area contributed by atoms with Crippen LogP contribution in [0.2, 0.25) is 0 Å². The van der Waals surface area contributed by atoms with E-state index in [0.29, 0.717) is 6.54 Å². The molecule has 0 aromatic heterocycles. The summed E-state index contributed by atoms with van der Waals surface area (Å²) in [6.07, 6.45) is 0. The fourth-order valence-corrected chi connectivity index (χ4v) is 0.608. The van der Waals surface area contributed by atoms with Crippen LogP contribution in [0.25, 0.3) is 0 Å². The maximum absolute atomic E-state index is 12.2. The summed E-state index contributed by atoms with van der Waals surface area (Å²) in [5, 5.41) is 0. The number of rotatable bonds is 1. The van der Waals surface area contributed by atoms with Gasteiger partial charge >= 0.3 is 19.5 Å². The molecule has 0 heterocycles. The zero-order chi connectivity index (χ0) is 6.69. The second kappa shape index (κ2) is 6.89. The molecule has 2 N–H and O–H groups in total. The molecule has 0 unspecified atom stereocenters. The average molecular weight is 269 g/mol. The Balaban J connectivity index is 0. The Morgan fingerprint density at radius 2 is 2.18 bits per heavy atom. The predicted molar refractivity (Wildman–Crippen MR) is 33.1 cm³/mol. The fourth-order valence-electron chi connectivity index (χ4n) is 0.608. The predicted octanol–water partition coefficient (Wildman–Crippen LogP) is -1.91. The summed E-state index contributed by atoms with van der Waals surface area (Å²) in [4.78, 5) is 0. The van der Waals surface area contributed by atoms with Gasteiger partial charge < -0.3 is 22.7 Å². The van der Waals surface area contributed by atoms with Gasteiger partial charge in [0.2, 0.25) is 0 Å². The van der Waals surface area contributed by atoms with Crippen LogP contribution in [-0.2, 0) is 26.0 Å². The van der Waals surface area contributed by atoms with Crippen molar-refractivity contribution in [1.82, 2.24) is 0 Å². The molecular formula is C7H7BrFNZn. The number of benzene rings is 1. The van der Waals surface area contributed by atoms with Crippen molar-refractivity contribution in [3.63, 3.8) is 0 Å². The Hall–Kier alpha value is 0.213. The fraction of sp³-hybridized carbons (Fsp3) is 0.143. The smallest absolute Gasteiger partial charge is 1.00 e. The minimum absolute atomic E-state index is 0. The van der Waals surface area contributed by atoms with Gasteiger partial charge in [0, 0.05) is 5.82 Å². The number of hydrogen-bond acceptors (Lipinski definition) is 1. The summed E-state index contributed by atoms with van der Waals surface area (Å²) in [5.74, 6) is -0.349. The van der Waals surface area contributed by atoms with Crippen molar-refractivity contribution in [1.29, 1.82) is 0 Å². The molecule has 0 amide bonds. The molecular weight excluding hydrogens is 262 g/mol. The number of hydrogen-bond donors (Lipinski definition) is 1. The van der Waals surface area contributed by atoms with Gasteiger partial charge in [-0.05, 0) is 6.54 Å². The van der Waals surface area contributed by atoms with Crippen LogP contribution < -0.4 is 22.7 Å². The maximum atomic E-state index is 12.2. The summed E-state index contributed by atoms with van der Waals surface area (Å²) < 4.78 is 12.2. The largest absolute Gasteiger partial charge is 2.00 e. The third-order valence-electron chi connectivity index (χ3n) is 1.07. The Labute approximate surface area is 88.7 Å². The van der Waals surface area contributed by atoms with E-state index in [1.165, 1.54) is 12.1 Å². The molecule has 0 aliphatic rings. The van der Waals surface area contributed by atoms with Crippen molar-refractivity contribution in [3.05, 3.63) is 35.6 Å². The summed E-state index contributed by atoms with van der Waals surface area (Å²) in [5.41, 5.74) is 6.04. The zero-order valence-corrected chi connectivity index (χ0v) is 10.5. The zero-order valence-electron chi connectivity index (χ0n) is 5.98. The van der Waals surface area contributed by atoms with Gasteiger partial charge in [0.05, 0.1) is 0 Å². The van der Waals surface area contributed by atoms with Crippen LogP contribution in [-0.4, -0.2) is 0 Å². The van der Waals surface area contributed by atoms with E-state index < -0.39 is 0 Å². The van der Waals surface area contributed by atoms with Gasteiger partial charge in [0.25, 0.3) is 0 Å². The quantitative estimate of drug-likeness (QED) is 0.467. The molecule has 0 aliphatic carbocycles. The molecule has 0 aliphatic heterocycles. The Kier molecular flexibility index (Phi) is 8.64. The number of nitrogens with two attached hydrogens (primary N) is 1.